The summed E-state index contributed by atoms with van der Waals surface area (Å²) in [4.78, 5) is 2.31. The van der Waals surface area contributed by atoms with E-state index >= 15 is 0 Å². The van der Waals surface area contributed by atoms with Crippen LogP contribution >= 0.6 is 11.8 Å². The summed E-state index contributed by atoms with van der Waals surface area (Å²) in [5, 5.41) is 2.35. The Hall–Kier alpha value is -0.365. The standard InChI is InChI=1S/C17H36BN5S.C2H6/c1-24-15-12-22(13-15)14-16(20)17(18)23(21)11-9-7-5-3-2-4-6-8-10-19;1-2/h15H,2-14,19-21H2,1H3;1-2H3/b17-16-;. The van der Waals surface area contributed by atoms with Gasteiger partial charge in [-0.15, -0.1) is 0 Å². The first-order chi connectivity index (χ1) is 12.6. The smallest absolute Gasteiger partial charge is 0.142 e. The predicted octanol–water partition coefficient (Wildman–Crippen LogP) is 2.61. The second kappa shape index (κ2) is 16.8. The Kier molecular flexibility index (Phi) is 16.5. The van der Waals surface area contributed by atoms with Crippen LogP contribution in [0, 0.1) is 0 Å². The third kappa shape index (κ3) is 11.4. The zero-order valence-corrected chi connectivity index (χ0v) is 18.2. The largest absolute Gasteiger partial charge is 0.400 e. The zero-order chi connectivity index (χ0) is 19.8. The number of hydrazine groups is 1. The molecule has 26 heavy (non-hydrogen) atoms. The van der Waals surface area contributed by atoms with E-state index < -0.39 is 0 Å². The summed E-state index contributed by atoms with van der Waals surface area (Å²) in [6.07, 6.45) is 12.0. The topological polar surface area (TPSA) is 84.5 Å². The van der Waals surface area contributed by atoms with Crippen molar-refractivity contribution < 1.29 is 0 Å². The maximum atomic E-state index is 6.10. The van der Waals surface area contributed by atoms with Gasteiger partial charge in [0.15, 0.2) is 0 Å². The first-order valence-corrected chi connectivity index (χ1v) is 11.6. The highest BCUT2D eigenvalue weighted by molar-refractivity contribution is 7.99. The fourth-order valence-electron chi connectivity index (χ4n) is 2.91. The number of nitrogens with zero attached hydrogens (tertiary/aromatic N) is 2. The molecule has 152 valence electrons. The molecule has 0 aromatic heterocycles. The second-order valence-corrected chi connectivity index (χ2v) is 7.91. The summed E-state index contributed by atoms with van der Waals surface area (Å²) in [5.41, 5.74) is 12.8. The average Bonchev–Trinajstić information content (AvgIpc) is 2.63. The number of thioether (sulfide) groups is 1. The molecule has 1 aliphatic rings. The van der Waals surface area contributed by atoms with E-state index in [9.17, 15) is 0 Å². The van der Waals surface area contributed by atoms with Crippen molar-refractivity contribution in [3.05, 3.63) is 11.3 Å². The van der Waals surface area contributed by atoms with Crippen LogP contribution in [0.1, 0.15) is 65.2 Å². The van der Waals surface area contributed by atoms with Crippen molar-refractivity contribution in [2.24, 2.45) is 17.3 Å². The molecule has 2 radical (unpaired) electrons. The first-order valence-electron chi connectivity index (χ1n) is 10.3. The minimum Gasteiger partial charge on any atom is -0.400 e. The number of unbranched alkanes of at least 4 members (excludes halogenated alkanes) is 7. The summed E-state index contributed by atoms with van der Waals surface area (Å²) in [7, 11) is 6.08. The Morgan fingerprint density at radius 3 is 2.04 bits per heavy atom. The summed E-state index contributed by atoms with van der Waals surface area (Å²) in [6, 6.07) is 0. The molecule has 0 saturated carbocycles. The average molecular weight is 383 g/mol. The number of nitrogens with two attached hydrogens (primary N) is 3. The Morgan fingerprint density at radius 2 is 1.54 bits per heavy atom. The van der Waals surface area contributed by atoms with E-state index in [2.05, 4.69) is 11.2 Å². The fraction of sp³-hybridized carbons (Fsp3) is 0.895. The van der Waals surface area contributed by atoms with Crippen molar-refractivity contribution in [1.82, 2.24) is 9.91 Å². The van der Waals surface area contributed by atoms with E-state index in [4.69, 9.17) is 25.2 Å². The Balaban J connectivity index is 0.00000301. The van der Waals surface area contributed by atoms with Gasteiger partial charge in [0.2, 0.25) is 0 Å². The van der Waals surface area contributed by atoms with Crippen LogP contribution in [0.5, 0.6) is 0 Å². The highest BCUT2D eigenvalue weighted by Gasteiger charge is 2.26. The molecule has 0 unspecified atom stereocenters. The van der Waals surface area contributed by atoms with E-state index in [-0.39, 0.29) is 0 Å². The van der Waals surface area contributed by atoms with Gasteiger partial charge in [-0.05, 0) is 31.2 Å². The Labute approximate surface area is 167 Å². The number of likely N-dealkylation sites (tertiary alicyclic amines) is 1. The molecule has 1 aliphatic heterocycles. The van der Waals surface area contributed by atoms with Gasteiger partial charge in [0, 0.05) is 37.1 Å². The maximum absolute atomic E-state index is 6.10. The number of hydrogen-bond donors (Lipinski definition) is 3. The molecular weight excluding hydrogens is 341 g/mol. The lowest BCUT2D eigenvalue weighted by molar-refractivity contribution is 0.205. The van der Waals surface area contributed by atoms with E-state index in [1.54, 1.807) is 5.01 Å². The highest BCUT2D eigenvalue weighted by atomic mass is 32.2. The van der Waals surface area contributed by atoms with Gasteiger partial charge in [-0.25, -0.2) is 5.84 Å². The van der Waals surface area contributed by atoms with Crippen LogP contribution < -0.4 is 17.3 Å². The van der Waals surface area contributed by atoms with Crippen LogP contribution in [0.3, 0.4) is 0 Å². The van der Waals surface area contributed by atoms with E-state index in [1.165, 1.54) is 38.5 Å². The first kappa shape index (κ1) is 25.6. The molecule has 0 aliphatic carbocycles. The van der Waals surface area contributed by atoms with Gasteiger partial charge in [-0.1, -0.05) is 52.4 Å². The van der Waals surface area contributed by atoms with Crippen LogP contribution in [0.4, 0.5) is 0 Å². The van der Waals surface area contributed by atoms with Crippen molar-refractivity contribution in [1.29, 1.82) is 0 Å². The van der Waals surface area contributed by atoms with Crippen molar-refractivity contribution >= 4 is 19.6 Å². The number of hydrogen-bond acceptors (Lipinski definition) is 6. The SMILES string of the molecule is CC.[B]/C(=C(/N)CN1CC(SC)C1)N(N)CCCCCCCCCCN. The summed E-state index contributed by atoms with van der Waals surface area (Å²) in [5.74, 6) is 6.04. The normalized spacial score (nSPS) is 15.7. The monoisotopic (exact) mass is 383 g/mol. The van der Waals surface area contributed by atoms with Gasteiger partial charge in [-0.3, -0.25) is 4.90 Å². The Morgan fingerprint density at radius 1 is 1.04 bits per heavy atom. The van der Waals surface area contributed by atoms with Gasteiger partial charge < -0.3 is 16.5 Å². The van der Waals surface area contributed by atoms with E-state index in [0.717, 1.165) is 50.8 Å². The molecule has 0 atom stereocenters. The molecule has 0 aromatic carbocycles. The van der Waals surface area contributed by atoms with Gasteiger partial charge in [0.1, 0.15) is 7.85 Å². The van der Waals surface area contributed by atoms with Gasteiger partial charge in [-0.2, -0.15) is 11.8 Å². The molecule has 6 N–H and O–H groups in total. The van der Waals surface area contributed by atoms with Crippen LogP contribution in [-0.4, -0.2) is 62.0 Å². The molecule has 0 amide bonds. The van der Waals surface area contributed by atoms with Crippen molar-refractivity contribution in [2.45, 2.75) is 70.5 Å². The molecule has 1 heterocycles. The molecule has 5 nitrogen and oxygen atoms in total. The maximum Gasteiger partial charge on any atom is 0.142 e. The van der Waals surface area contributed by atoms with E-state index in [0.29, 0.717) is 11.3 Å². The van der Waals surface area contributed by atoms with E-state index in [1.807, 2.05) is 25.6 Å². The second-order valence-electron chi connectivity index (χ2n) is 6.77. The van der Waals surface area contributed by atoms with Crippen LogP contribution in [0.15, 0.2) is 11.3 Å². The molecule has 1 fully saturated rings. The highest BCUT2D eigenvalue weighted by Crippen LogP contribution is 2.20. The molecule has 1 rings (SSSR count). The lowest BCUT2D eigenvalue weighted by atomic mass is 9.99. The molecular formula is C19H42BN5S. The van der Waals surface area contributed by atoms with Crippen LogP contribution in [-0.2, 0) is 0 Å². The fourth-order valence-corrected chi connectivity index (χ4v) is 3.63. The predicted molar refractivity (Wildman–Crippen MR) is 119 cm³/mol. The van der Waals surface area contributed by atoms with Crippen molar-refractivity contribution in [3.63, 3.8) is 0 Å². The lowest BCUT2D eigenvalue weighted by Gasteiger charge is -2.38. The molecule has 1 saturated heterocycles. The third-order valence-corrected chi connectivity index (χ3v) is 5.61. The van der Waals surface area contributed by atoms with Gasteiger partial charge >= 0.3 is 0 Å². The minimum absolute atomic E-state index is 0.532. The van der Waals surface area contributed by atoms with Crippen molar-refractivity contribution in [3.8, 4) is 0 Å². The van der Waals surface area contributed by atoms with Gasteiger partial charge in [0.25, 0.3) is 0 Å². The van der Waals surface area contributed by atoms with Crippen molar-refractivity contribution in [2.75, 3.05) is 39.0 Å². The molecule has 7 heteroatoms. The van der Waals surface area contributed by atoms with Crippen LogP contribution in [0.2, 0.25) is 0 Å². The molecule has 0 spiro atoms. The molecule has 0 bridgehead atoms. The zero-order valence-electron chi connectivity index (χ0n) is 17.4. The minimum atomic E-state index is 0.532. The number of rotatable bonds is 14. The molecule has 0 aromatic rings. The summed E-state index contributed by atoms with van der Waals surface area (Å²) >= 11 is 1.91. The summed E-state index contributed by atoms with van der Waals surface area (Å²) < 4.78 is 0. The van der Waals surface area contributed by atoms with Crippen LogP contribution in [0.25, 0.3) is 0 Å². The quantitative estimate of drug-likeness (QED) is 0.185. The Bertz CT molecular complexity index is 362. The lowest BCUT2D eigenvalue weighted by Crippen LogP contribution is -2.50. The third-order valence-electron chi connectivity index (χ3n) is 4.64. The van der Waals surface area contributed by atoms with Gasteiger partial charge in [0.05, 0.1) is 0 Å². The summed E-state index contributed by atoms with van der Waals surface area (Å²) in [6.45, 7) is 8.49.